The number of esters is 1. The van der Waals surface area contributed by atoms with E-state index < -0.39 is 17.9 Å². The number of hydrogen-bond acceptors (Lipinski definition) is 6. The number of urea groups is 1. The van der Waals surface area contributed by atoms with E-state index >= 15 is 0 Å². The first kappa shape index (κ1) is 19.2. The van der Waals surface area contributed by atoms with Gasteiger partial charge in [-0.25, -0.2) is 9.59 Å². The molecule has 2 heterocycles. The standard InChI is InChI=1S/C20H20N2O6/c1-12(2)27-16-7-5-4-6-13(16)10-15-18(23)22(20(25)21-15)11-14-8-9-17(28-14)19(24)26-3/h4-10,12H,11H2,1-3H3,(H,21,25)/b15-10-. The first-order chi connectivity index (χ1) is 13.4. The van der Waals surface area contributed by atoms with E-state index in [-0.39, 0.29) is 29.9 Å². The highest BCUT2D eigenvalue weighted by Crippen LogP contribution is 2.24. The van der Waals surface area contributed by atoms with Crippen molar-refractivity contribution in [3.63, 3.8) is 0 Å². The predicted octanol–water partition coefficient (Wildman–Crippen LogP) is 2.95. The highest BCUT2D eigenvalue weighted by Gasteiger charge is 2.34. The van der Waals surface area contributed by atoms with E-state index in [1.54, 1.807) is 18.2 Å². The number of ether oxygens (including phenoxy) is 2. The van der Waals surface area contributed by atoms with Crippen LogP contribution in [-0.4, -0.2) is 36.0 Å². The number of carbonyl (C=O) groups excluding carboxylic acids is 3. The van der Waals surface area contributed by atoms with Crippen LogP contribution in [0.25, 0.3) is 6.08 Å². The third-order valence-corrected chi connectivity index (χ3v) is 3.91. The highest BCUT2D eigenvalue weighted by atomic mass is 16.5. The molecule has 2 aromatic rings. The van der Waals surface area contributed by atoms with E-state index in [0.29, 0.717) is 11.3 Å². The molecule has 3 rings (SSSR count). The van der Waals surface area contributed by atoms with Crippen LogP contribution in [0.5, 0.6) is 5.75 Å². The summed E-state index contributed by atoms with van der Waals surface area (Å²) < 4.78 is 15.6. The van der Waals surface area contributed by atoms with Crippen LogP contribution in [0.3, 0.4) is 0 Å². The van der Waals surface area contributed by atoms with Gasteiger partial charge in [-0.05, 0) is 38.1 Å². The topological polar surface area (TPSA) is 98.1 Å². The summed E-state index contributed by atoms with van der Waals surface area (Å²) in [5, 5.41) is 2.55. The molecular weight excluding hydrogens is 364 g/mol. The molecule has 1 fully saturated rings. The minimum atomic E-state index is -0.634. The van der Waals surface area contributed by atoms with Crippen molar-refractivity contribution in [3.8, 4) is 5.75 Å². The molecule has 8 heteroatoms. The molecule has 146 valence electrons. The van der Waals surface area contributed by atoms with E-state index in [0.717, 1.165) is 4.90 Å². The number of para-hydroxylation sites is 1. The van der Waals surface area contributed by atoms with Crippen LogP contribution in [0.2, 0.25) is 0 Å². The Kier molecular flexibility index (Phi) is 5.49. The first-order valence-corrected chi connectivity index (χ1v) is 8.66. The summed E-state index contributed by atoms with van der Waals surface area (Å²) in [6.07, 6.45) is 1.54. The number of methoxy groups -OCH3 is 1. The number of nitrogens with zero attached hydrogens (tertiary/aromatic N) is 1. The van der Waals surface area contributed by atoms with Crippen molar-refractivity contribution in [3.05, 3.63) is 59.2 Å². The second-order valence-corrected chi connectivity index (χ2v) is 6.34. The van der Waals surface area contributed by atoms with E-state index in [1.165, 1.54) is 19.2 Å². The van der Waals surface area contributed by atoms with Gasteiger partial charge in [-0.15, -0.1) is 0 Å². The van der Waals surface area contributed by atoms with Gasteiger partial charge in [0.05, 0.1) is 19.8 Å². The van der Waals surface area contributed by atoms with Crippen molar-refractivity contribution >= 4 is 24.0 Å². The lowest BCUT2D eigenvalue weighted by Gasteiger charge is -2.12. The molecule has 0 aliphatic carbocycles. The van der Waals surface area contributed by atoms with Gasteiger partial charge in [0.25, 0.3) is 5.91 Å². The van der Waals surface area contributed by atoms with Crippen molar-refractivity contribution in [2.45, 2.75) is 26.5 Å². The number of carbonyl (C=O) groups is 3. The molecule has 1 aliphatic rings. The molecule has 0 spiro atoms. The number of amides is 3. The molecule has 1 N–H and O–H groups in total. The van der Waals surface area contributed by atoms with Crippen LogP contribution < -0.4 is 10.1 Å². The van der Waals surface area contributed by atoms with Crippen molar-refractivity contribution in [1.82, 2.24) is 10.2 Å². The lowest BCUT2D eigenvalue weighted by molar-refractivity contribution is -0.123. The molecule has 28 heavy (non-hydrogen) atoms. The molecule has 8 nitrogen and oxygen atoms in total. The van der Waals surface area contributed by atoms with Gasteiger partial charge in [0, 0.05) is 5.56 Å². The number of hydrogen-bond donors (Lipinski definition) is 1. The predicted molar refractivity (Wildman–Crippen MR) is 99.3 cm³/mol. The van der Waals surface area contributed by atoms with Crippen molar-refractivity contribution in [1.29, 1.82) is 0 Å². The van der Waals surface area contributed by atoms with Gasteiger partial charge in [0.2, 0.25) is 5.76 Å². The average molecular weight is 384 g/mol. The van der Waals surface area contributed by atoms with Crippen molar-refractivity contribution < 1.29 is 28.3 Å². The summed E-state index contributed by atoms with van der Waals surface area (Å²) >= 11 is 0. The average Bonchev–Trinajstić information content (AvgIpc) is 3.23. The lowest BCUT2D eigenvalue weighted by Crippen LogP contribution is -2.30. The van der Waals surface area contributed by atoms with Crippen LogP contribution in [-0.2, 0) is 16.1 Å². The Balaban J connectivity index is 1.79. The van der Waals surface area contributed by atoms with Crippen LogP contribution in [0.15, 0.2) is 46.5 Å². The van der Waals surface area contributed by atoms with E-state index in [1.807, 2.05) is 26.0 Å². The fraction of sp³-hybridized carbons (Fsp3) is 0.250. The van der Waals surface area contributed by atoms with Crippen LogP contribution >= 0.6 is 0 Å². The molecule has 1 aromatic carbocycles. The summed E-state index contributed by atoms with van der Waals surface area (Å²) in [6, 6.07) is 9.60. The van der Waals surface area contributed by atoms with Crippen LogP contribution in [0.1, 0.15) is 35.7 Å². The summed E-state index contributed by atoms with van der Waals surface area (Å²) in [4.78, 5) is 37.4. The zero-order chi connectivity index (χ0) is 20.3. The van der Waals surface area contributed by atoms with E-state index in [4.69, 9.17) is 9.15 Å². The Morgan fingerprint density at radius 2 is 1.96 bits per heavy atom. The number of rotatable bonds is 6. The highest BCUT2D eigenvalue weighted by molar-refractivity contribution is 6.14. The van der Waals surface area contributed by atoms with Crippen molar-refractivity contribution in [2.24, 2.45) is 0 Å². The summed E-state index contributed by atoms with van der Waals surface area (Å²) in [6.45, 7) is 3.70. The second kappa shape index (κ2) is 7.99. The molecule has 0 unspecified atom stereocenters. The summed E-state index contributed by atoms with van der Waals surface area (Å²) in [5.41, 5.74) is 0.803. The van der Waals surface area contributed by atoms with Crippen LogP contribution in [0.4, 0.5) is 4.79 Å². The second-order valence-electron chi connectivity index (χ2n) is 6.34. The molecule has 1 aliphatic heterocycles. The van der Waals surface area contributed by atoms with Crippen LogP contribution in [0, 0.1) is 0 Å². The fourth-order valence-corrected chi connectivity index (χ4v) is 2.66. The lowest BCUT2D eigenvalue weighted by atomic mass is 10.1. The number of imide groups is 1. The van der Waals surface area contributed by atoms with Gasteiger partial charge in [-0.3, -0.25) is 9.69 Å². The van der Waals surface area contributed by atoms with Crippen molar-refractivity contribution in [2.75, 3.05) is 7.11 Å². The zero-order valence-electron chi connectivity index (χ0n) is 15.7. The maximum absolute atomic E-state index is 12.7. The van der Waals surface area contributed by atoms with Gasteiger partial charge in [-0.1, -0.05) is 18.2 Å². The van der Waals surface area contributed by atoms with E-state index in [9.17, 15) is 14.4 Å². The Morgan fingerprint density at radius 3 is 2.68 bits per heavy atom. The Bertz CT molecular complexity index is 944. The molecule has 3 amide bonds. The maximum Gasteiger partial charge on any atom is 0.373 e. The van der Waals surface area contributed by atoms with E-state index in [2.05, 4.69) is 10.1 Å². The van der Waals surface area contributed by atoms with Gasteiger partial charge < -0.3 is 19.2 Å². The molecular formula is C20H20N2O6. The Hall–Kier alpha value is -3.55. The maximum atomic E-state index is 12.7. The largest absolute Gasteiger partial charge is 0.490 e. The third-order valence-electron chi connectivity index (χ3n) is 3.91. The zero-order valence-corrected chi connectivity index (χ0v) is 15.7. The molecule has 0 atom stereocenters. The fourth-order valence-electron chi connectivity index (χ4n) is 2.66. The van der Waals surface area contributed by atoms with Gasteiger partial charge in [0.1, 0.15) is 17.2 Å². The number of nitrogens with one attached hydrogen (secondary N) is 1. The monoisotopic (exact) mass is 384 g/mol. The van der Waals surface area contributed by atoms with Gasteiger partial charge >= 0.3 is 12.0 Å². The summed E-state index contributed by atoms with van der Waals surface area (Å²) in [7, 11) is 1.24. The quantitative estimate of drug-likeness (QED) is 0.467. The minimum absolute atomic E-state index is 0.0000752. The molecule has 0 bridgehead atoms. The molecule has 1 saturated heterocycles. The molecule has 0 saturated carbocycles. The Labute approximate surface area is 161 Å². The number of furan rings is 1. The Morgan fingerprint density at radius 1 is 1.21 bits per heavy atom. The first-order valence-electron chi connectivity index (χ1n) is 8.66. The third kappa shape index (κ3) is 4.06. The van der Waals surface area contributed by atoms with Gasteiger partial charge in [-0.2, -0.15) is 0 Å². The SMILES string of the molecule is COC(=O)c1ccc(CN2C(=O)N/C(=C\c3ccccc3OC(C)C)C2=O)o1. The summed E-state index contributed by atoms with van der Waals surface area (Å²) in [5.74, 6) is -0.237. The van der Waals surface area contributed by atoms with Gasteiger partial charge in [0.15, 0.2) is 0 Å². The normalized spacial score (nSPS) is 15.3. The molecule has 1 aromatic heterocycles. The minimum Gasteiger partial charge on any atom is -0.490 e. The smallest absolute Gasteiger partial charge is 0.373 e. The number of benzene rings is 1. The molecule has 0 radical (unpaired) electrons.